The number of carbonyl (C=O) groups excluding carboxylic acids is 1. The topological polar surface area (TPSA) is 75.4 Å². The van der Waals surface area contributed by atoms with Crippen LogP contribution in [0.3, 0.4) is 0 Å². The minimum atomic E-state index is 0.0609. The molecule has 144 valence electrons. The van der Waals surface area contributed by atoms with Crippen LogP contribution in [0.4, 0.5) is 0 Å². The van der Waals surface area contributed by atoms with E-state index in [0.29, 0.717) is 11.5 Å². The van der Waals surface area contributed by atoms with E-state index >= 15 is 0 Å². The van der Waals surface area contributed by atoms with E-state index in [-0.39, 0.29) is 5.91 Å². The third kappa shape index (κ3) is 3.16. The molecule has 0 spiro atoms. The molecule has 7 nitrogen and oxygen atoms in total. The first-order valence-electron chi connectivity index (χ1n) is 9.94. The molecule has 3 aromatic rings. The van der Waals surface area contributed by atoms with Gasteiger partial charge < -0.3 is 14.3 Å². The van der Waals surface area contributed by atoms with Gasteiger partial charge in [0.25, 0.3) is 5.91 Å². The SMILES string of the molecule is O=C1c2cncnc2CCN1CCN1CCC(c2noc3ccccc23)CC1. The minimum absolute atomic E-state index is 0.0609. The van der Waals surface area contributed by atoms with Crippen LogP contribution in [0.2, 0.25) is 0 Å². The molecule has 4 heterocycles. The van der Waals surface area contributed by atoms with E-state index in [9.17, 15) is 4.79 Å². The highest BCUT2D eigenvalue weighted by molar-refractivity contribution is 5.95. The number of para-hydroxylation sites is 1. The Morgan fingerprint density at radius 1 is 1.11 bits per heavy atom. The van der Waals surface area contributed by atoms with Gasteiger partial charge >= 0.3 is 0 Å². The molecule has 0 radical (unpaired) electrons. The van der Waals surface area contributed by atoms with Crippen LogP contribution in [0, 0.1) is 0 Å². The first-order valence-corrected chi connectivity index (χ1v) is 9.94. The van der Waals surface area contributed by atoms with Crippen LogP contribution in [0.5, 0.6) is 0 Å². The number of fused-ring (bicyclic) bond motifs is 2. The lowest BCUT2D eigenvalue weighted by Crippen LogP contribution is -2.44. The Labute approximate surface area is 163 Å². The van der Waals surface area contributed by atoms with Crippen molar-refractivity contribution in [3.63, 3.8) is 0 Å². The van der Waals surface area contributed by atoms with Gasteiger partial charge in [0.2, 0.25) is 0 Å². The molecule has 0 saturated carbocycles. The maximum Gasteiger partial charge on any atom is 0.257 e. The van der Waals surface area contributed by atoms with Gasteiger partial charge in [0.1, 0.15) is 6.33 Å². The molecule has 1 saturated heterocycles. The number of rotatable bonds is 4. The first-order chi connectivity index (χ1) is 13.8. The lowest BCUT2D eigenvalue weighted by Gasteiger charge is -2.34. The Hall–Kier alpha value is -2.80. The monoisotopic (exact) mass is 377 g/mol. The van der Waals surface area contributed by atoms with Crippen molar-refractivity contribution < 1.29 is 9.32 Å². The van der Waals surface area contributed by atoms with E-state index in [0.717, 1.165) is 74.3 Å². The molecule has 1 fully saturated rings. The number of carbonyl (C=O) groups is 1. The second-order valence-electron chi connectivity index (χ2n) is 7.61. The molecular weight excluding hydrogens is 354 g/mol. The van der Waals surface area contributed by atoms with Crippen molar-refractivity contribution >= 4 is 16.9 Å². The van der Waals surface area contributed by atoms with Gasteiger partial charge in [-0.2, -0.15) is 0 Å². The van der Waals surface area contributed by atoms with Crippen molar-refractivity contribution in [2.75, 3.05) is 32.7 Å². The molecular formula is C21H23N5O2. The summed E-state index contributed by atoms with van der Waals surface area (Å²) < 4.78 is 5.48. The molecule has 0 aliphatic carbocycles. The van der Waals surface area contributed by atoms with E-state index in [4.69, 9.17) is 4.52 Å². The summed E-state index contributed by atoms with van der Waals surface area (Å²) in [7, 11) is 0. The normalized spacial score (nSPS) is 18.6. The predicted molar refractivity (Wildman–Crippen MR) is 104 cm³/mol. The molecule has 7 heteroatoms. The molecule has 0 N–H and O–H groups in total. The fourth-order valence-corrected chi connectivity index (χ4v) is 4.35. The van der Waals surface area contributed by atoms with Crippen molar-refractivity contribution in [1.29, 1.82) is 0 Å². The Kier molecular flexibility index (Phi) is 4.52. The van der Waals surface area contributed by atoms with Crippen molar-refractivity contribution in [2.45, 2.75) is 25.2 Å². The number of hydrogen-bond donors (Lipinski definition) is 0. The third-order valence-electron chi connectivity index (χ3n) is 6.00. The number of amides is 1. The second-order valence-corrected chi connectivity index (χ2v) is 7.61. The van der Waals surface area contributed by atoms with Crippen LogP contribution in [0.25, 0.3) is 11.0 Å². The zero-order valence-electron chi connectivity index (χ0n) is 15.8. The highest BCUT2D eigenvalue weighted by Crippen LogP contribution is 2.32. The number of piperidine rings is 1. The summed E-state index contributed by atoms with van der Waals surface area (Å²) in [5.41, 5.74) is 3.49. The summed E-state index contributed by atoms with van der Waals surface area (Å²) in [6.07, 6.45) is 6.11. The number of benzene rings is 1. The van der Waals surface area contributed by atoms with Crippen molar-refractivity contribution in [3.05, 3.63) is 53.7 Å². The predicted octanol–water partition coefficient (Wildman–Crippen LogP) is 2.50. The van der Waals surface area contributed by atoms with Crippen LogP contribution in [-0.4, -0.2) is 63.6 Å². The van der Waals surface area contributed by atoms with E-state index in [1.54, 1.807) is 6.20 Å². The Morgan fingerprint density at radius 3 is 2.86 bits per heavy atom. The molecule has 2 aliphatic heterocycles. The van der Waals surface area contributed by atoms with Crippen LogP contribution in [0.1, 0.15) is 40.5 Å². The van der Waals surface area contributed by atoms with Crippen LogP contribution >= 0.6 is 0 Å². The van der Waals surface area contributed by atoms with Gasteiger partial charge in [-0.1, -0.05) is 17.3 Å². The zero-order valence-corrected chi connectivity index (χ0v) is 15.8. The van der Waals surface area contributed by atoms with Crippen LogP contribution < -0.4 is 0 Å². The van der Waals surface area contributed by atoms with Crippen molar-refractivity contribution in [3.8, 4) is 0 Å². The maximum absolute atomic E-state index is 12.6. The van der Waals surface area contributed by atoms with Crippen molar-refractivity contribution in [2.24, 2.45) is 0 Å². The summed E-state index contributed by atoms with van der Waals surface area (Å²) in [6, 6.07) is 8.08. The molecule has 2 aliphatic rings. The lowest BCUT2D eigenvalue weighted by molar-refractivity contribution is 0.0707. The average Bonchev–Trinajstić information content (AvgIpc) is 3.18. The summed E-state index contributed by atoms with van der Waals surface area (Å²) >= 11 is 0. The minimum Gasteiger partial charge on any atom is -0.356 e. The first kappa shape index (κ1) is 17.3. The number of aromatic nitrogens is 3. The zero-order chi connectivity index (χ0) is 18.9. The highest BCUT2D eigenvalue weighted by atomic mass is 16.5. The van der Waals surface area contributed by atoms with Gasteiger partial charge in [0, 0.05) is 43.6 Å². The maximum atomic E-state index is 12.6. The van der Waals surface area contributed by atoms with Crippen molar-refractivity contribution in [1.82, 2.24) is 24.9 Å². The molecule has 28 heavy (non-hydrogen) atoms. The van der Waals surface area contributed by atoms with Gasteiger partial charge in [-0.05, 0) is 38.1 Å². The Balaban J connectivity index is 1.17. The van der Waals surface area contributed by atoms with Gasteiger partial charge in [0.05, 0.1) is 17.0 Å². The smallest absolute Gasteiger partial charge is 0.257 e. The Bertz CT molecular complexity index is 993. The fourth-order valence-electron chi connectivity index (χ4n) is 4.35. The van der Waals surface area contributed by atoms with E-state index in [1.807, 2.05) is 23.1 Å². The molecule has 0 bridgehead atoms. The molecule has 5 rings (SSSR count). The fraction of sp³-hybridized carbons (Fsp3) is 0.429. The standard InChI is InChI=1S/C21H23N5O2/c27-21-17-13-22-14-23-18(17)7-10-26(21)12-11-25-8-5-15(6-9-25)20-16-3-1-2-4-19(16)28-24-20/h1-4,13-15H,5-12H2. The highest BCUT2D eigenvalue weighted by Gasteiger charge is 2.28. The quantitative estimate of drug-likeness (QED) is 0.695. The number of nitrogens with zero attached hydrogens (tertiary/aromatic N) is 5. The summed E-state index contributed by atoms with van der Waals surface area (Å²) in [4.78, 5) is 25.2. The van der Waals surface area contributed by atoms with Crippen LogP contribution in [-0.2, 0) is 6.42 Å². The molecule has 2 aromatic heterocycles. The van der Waals surface area contributed by atoms with Gasteiger partial charge in [0.15, 0.2) is 5.58 Å². The van der Waals surface area contributed by atoms with E-state index in [2.05, 4.69) is 26.1 Å². The van der Waals surface area contributed by atoms with Crippen LogP contribution in [0.15, 0.2) is 41.3 Å². The summed E-state index contributed by atoms with van der Waals surface area (Å²) in [5.74, 6) is 0.506. The second kappa shape index (κ2) is 7.31. The number of likely N-dealkylation sites (tertiary alicyclic amines) is 1. The molecule has 1 aromatic carbocycles. The van der Waals surface area contributed by atoms with Gasteiger partial charge in [-0.3, -0.25) is 4.79 Å². The average molecular weight is 377 g/mol. The van der Waals surface area contributed by atoms with Gasteiger partial charge in [-0.15, -0.1) is 0 Å². The van der Waals surface area contributed by atoms with E-state index < -0.39 is 0 Å². The Morgan fingerprint density at radius 2 is 1.96 bits per heavy atom. The molecule has 0 unspecified atom stereocenters. The number of hydrogen-bond acceptors (Lipinski definition) is 6. The molecule has 1 amide bonds. The summed E-state index contributed by atoms with van der Waals surface area (Å²) in [5, 5.41) is 5.48. The summed E-state index contributed by atoms with van der Waals surface area (Å²) in [6.45, 7) is 4.44. The largest absolute Gasteiger partial charge is 0.356 e. The van der Waals surface area contributed by atoms with E-state index in [1.165, 1.54) is 6.33 Å². The lowest BCUT2D eigenvalue weighted by atomic mass is 9.91. The molecule has 0 atom stereocenters. The van der Waals surface area contributed by atoms with Gasteiger partial charge in [-0.25, -0.2) is 9.97 Å². The third-order valence-corrected chi connectivity index (χ3v) is 6.00.